The number of hydrogen-bond donors (Lipinski definition) is 0. The Morgan fingerprint density at radius 2 is 1.56 bits per heavy atom. The number of fused-ring (bicyclic) bond motifs is 1. The van der Waals surface area contributed by atoms with E-state index in [0.717, 1.165) is 4.90 Å². The fourth-order valence-corrected chi connectivity index (χ4v) is 2.88. The van der Waals surface area contributed by atoms with Gasteiger partial charge >= 0.3 is 0 Å². The fourth-order valence-electron chi connectivity index (χ4n) is 2.88. The summed E-state index contributed by atoms with van der Waals surface area (Å²) in [6.45, 7) is 5.13. The molecule has 0 aliphatic carbocycles. The molecule has 0 radical (unpaired) electrons. The van der Waals surface area contributed by atoms with Gasteiger partial charge in [0.25, 0.3) is 11.8 Å². The van der Waals surface area contributed by atoms with E-state index < -0.39 is 17.9 Å². The predicted octanol–water partition coefficient (Wildman–Crippen LogP) is 3.04. The molecule has 0 aromatic heterocycles. The Kier molecular flexibility index (Phi) is 4.04. The molecule has 5 nitrogen and oxygen atoms in total. The molecule has 122 valence electrons. The second-order valence-electron chi connectivity index (χ2n) is 5.74. The predicted molar refractivity (Wildman–Crippen MR) is 90.7 cm³/mol. The van der Waals surface area contributed by atoms with E-state index in [0.29, 0.717) is 22.3 Å². The van der Waals surface area contributed by atoms with E-state index in [1.807, 2.05) is 6.07 Å². The molecule has 5 heteroatoms. The molecule has 0 saturated heterocycles. The van der Waals surface area contributed by atoms with E-state index in [2.05, 4.69) is 6.58 Å². The number of benzene rings is 2. The van der Waals surface area contributed by atoms with Crippen molar-refractivity contribution in [3.8, 4) is 6.07 Å². The summed E-state index contributed by atoms with van der Waals surface area (Å²) in [6, 6.07) is 14.1. The van der Waals surface area contributed by atoms with E-state index >= 15 is 0 Å². The van der Waals surface area contributed by atoms with E-state index in [1.165, 1.54) is 6.92 Å². The van der Waals surface area contributed by atoms with Crippen LogP contribution in [0, 0.1) is 11.3 Å². The maximum absolute atomic E-state index is 12.8. The lowest BCUT2D eigenvalue weighted by atomic mass is 9.95. The van der Waals surface area contributed by atoms with Crippen LogP contribution < -0.4 is 0 Å². The van der Waals surface area contributed by atoms with Gasteiger partial charge in [-0.25, -0.2) is 0 Å². The molecule has 2 amide bonds. The first-order valence-corrected chi connectivity index (χ1v) is 7.62. The van der Waals surface area contributed by atoms with Gasteiger partial charge in [-0.3, -0.25) is 19.3 Å². The lowest BCUT2D eigenvalue weighted by Gasteiger charge is -2.27. The monoisotopic (exact) mass is 330 g/mol. The molecule has 0 spiro atoms. The van der Waals surface area contributed by atoms with Gasteiger partial charge < -0.3 is 0 Å². The molecule has 1 aliphatic heterocycles. The van der Waals surface area contributed by atoms with E-state index in [9.17, 15) is 14.4 Å². The second kappa shape index (κ2) is 6.17. The van der Waals surface area contributed by atoms with Crippen LogP contribution in [0.15, 0.2) is 60.7 Å². The number of nitrogens with zero attached hydrogens (tertiary/aromatic N) is 2. The van der Waals surface area contributed by atoms with Gasteiger partial charge in [0, 0.05) is 5.57 Å². The third-order valence-corrected chi connectivity index (χ3v) is 4.22. The molecule has 0 unspecified atom stereocenters. The number of ketones is 1. The molecule has 1 heterocycles. The van der Waals surface area contributed by atoms with Crippen LogP contribution in [0.5, 0.6) is 0 Å². The molecule has 25 heavy (non-hydrogen) atoms. The Morgan fingerprint density at radius 3 is 2.00 bits per heavy atom. The first kappa shape index (κ1) is 16.3. The summed E-state index contributed by atoms with van der Waals surface area (Å²) in [7, 11) is 0. The van der Waals surface area contributed by atoms with Gasteiger partial charge in [0.15, 0.2) is 5.78 Å². The summed E-state index contributed by atoms with van der Waals surface area (Å²) in [5, 5.41) is 8.94. The van der Waals surface area contributed by atoms with Crippen molar-refractivity contribution in [2.45, 2.75) is 13.0 Å². The van der Waals surface area contributed by atoms with Crippen LogP contribution in [0.4, 0.5) is 0 Å². The highest BCUT2D eigenvalue weighted by molar-refractivity contribution is 6.22. The van der Waals surface area contributed by atoms with Crippen LogP contribution in [0.25, 0.3) is 0 Å². The lowest BCUT2D eigenvalue weighted by molar-refractivity contribution is -0.114. The molecule has 0 N–H and O–H groups in total. The van der Waals surface area contributed by atoms with Crippen LogP contribution in [-0.4, -0.2) is 22.5 Å². The highest BCUT2D eigenvalue weighted by Crippen LogP contribution is 2.35. The average Bonchev–Trinajstić information content (AvgIpc) is 2.88. The van der Waals surface area contributed by atoms with Crippen LogP contribution >= 0.6 is 0 Å². The first-order valence-electron chi connectivity index (χ1n) is 7.62. The molecular weight excluding hydrogens is 316 g/mol. The normalized spacial score (nSPS) is 14.0. The molecule has 2 aromatic rings. The zero-order valence-corrected chi connectivity index (χ0v) is 13.5. The minimum absolute atomic E-state index is 0.138. The number of hydrogen-bond acceptors (Lipinski definition) is 4. The minimum atomic E-state index is -0.905. The van der Waals surface area contributed by atoms with Gasteiger partial charge in [0.05, 0.1) is 28.8 Å². The summed E-state index contributed by atoms with van der Waals surface area (Å²) in [5.74, 6) is -1.24. The van der Waals surface area contributed by atoms with E-state index in [-0.39, 0.29) is 11.4 Å². The van der Waals surface area contributed by atoms with Crippen molar-refractivity contribution in [1.82, 2.24) is 4.90 Å². The third-order valence-electron chi connectivity index (χ3n) is 4.22. The second-order valence-corrected chi connectivity index (χ2v) is 5.74. The highest BCUT2D eigenvalue weighted by Gasteiger charge is 2.42. The number of nitriles is 1. The topological polar surface area (TPSA) is 78.2 Å². The molecule has 0 bridgehead atoms. The zero-order chi connectivity index (χ0) is 18.1. The van der Waals surface area contributed by atoms with Crippen LogP contribution in [0.2, 0.25) is 0 Å². The van der Waals surface area contributed by atoms with Gasteiger partial charge in [0.1, 0.15) is 0 Å². The van der Waals surface area contributed by atoms with Crippen molar-refractivity contribution in [2.75, 3.05) is 0 Å². The molecule has 1 atom stereocenters. The van der Waals surface area contributed by atoms with Crippen molar-refractivity contribution in [1.29, 1.82) is 5.26 Å². The lowest BCUT2D eigenvalue weighted by Crippen LogP contribution is -2.36. The van der Waals surface area contributed by atoms with Crippen molar-refractivity contribution in [3.63, 3.8) is 0 Å². The molecule has 2 aromatic carbocycles. The quantitative estimate of drug-likeness (QED) is 0.637. The summed E-state index contributed by atoms with van der Waals surface area (Å²) in [4.78, 5) is 38.5. The van der Waals surface area contributed by atoms with Crippen LogP contribution in [-0.2, 0) is 4.79 Å². The summed E-state index contributed by atoms with van der Waals surface area (Å²) < 4.78 is 0. The van der Waals surface area contributed by atoms with Crippen LogP contribution in [0.1, 0.15) is 44.8 Å². The molecular formula is C20H14N2O3. The first-order chi connectivity index (χ1) is 12.0. The maximum Gasteiger partial charge on any atom is 0.262 e. The molecule has 0 fully saturated rings. The number of imide groups is 1. The zero-order valence-electron chi connectivity index (χ0n) is 13.5. The third kappa shape index (κ3) is 2.64. The Morgan fingerprint density at radius 1 is 1.04 bits per heavy atom. The smallest absolute Gasteiger partial charge is 0.262 e. The fraction of sp³-hybridized carbons (Fsp3) is 0.100. The summed E-state index contributed by atoms with van der Waals surface area (Å²) in [5.41, 5.74) is 1.75. The van der Waals surface area contributed by atoms with Gasteiger partial charge in [-0.2, -0.15) is 5.26 Å². The maximum atomic E-state index is 12.8. The van der Waals surface area contributed by atoms with Crippen molar-refractivity contribution in [2.24, 2.45) is 0 Å². The Hall–Kier alpha value is -3.52. The minimum Gasteiger partial charge on any atom is -0.295 e. The number of carbonyl (C=O) groups is 3. The number of amides is 2. The van der Waals surface area contributed by atoms with Gasteiger partial charge in [-0.1, -0.05) is 30.8 Å². The largest absolute Gasteiger partial charge is 0.295 e. The SMILES string of the molecule is C=C(C(C)=O)[C@@H](c1ccc(C#N)cc1)N1C(=O)c2ccccc2C1=O. The Balaban J connectivity index is 2.12. The number of Topliss-reactive ketones (excluding diaryl/α,β-unsaturated/α-hetero) is 1. The van der Waals surface area contributed by atoms with Gasteiger partial charge in [0.2, 0.25) is 0 Å². The van der Waals surface area contributed by atoms with Crippen molar-refractivity contribution in [3.05, 3.63) is 82.9 Å². The van der Waals surface area contributed by atoms with Crippen molar-refractivity contribution >= 4 is 17.6 Å². The van der Waals surface area contributed by atoms with Gasteiger partial charge in [-0.05, 0) is 36.8 Å². The Bertz CT molecular complexity index is 917. The highest BCUT2D eigenvalue weighted by atomic mass is 16.2. The Labute approximate surface area is 144 Å². The average molecular weight is 330 g/mol. The summed E-state index contributed by atoms with van der Waals surface area (Å²) in [6.07, 6.45) is 0. The molecule has 1 aliphatic rings. The number of rotatable bonds is 4. The molecule has 0 saturated carbocycles. The van der Waals surface area contributed by atoms with Crippen LogP contribution in [0.3, 0.4) is 0 Å². The summed E-state index contributed by atoms with van der Waals surface area (Å²) >= 11 is 0. The van der Waals surface area contributed by atoms with Crippen molar-refractivity contribution < 1.29 is 14.4 Å². The van der Waals surface area contributed by atoms with E-state index in [4.69, 9.17) is 5.26 Å². The standard InChI is InChI=1S/C20H14N2O3/c1-12(13(2)23)18(15-9-7-14(11-21)8-10-15)22-19(24)16-5-3-4-6-17(16)20(22)25/h3-10,18H,1H2,2H3/t18-/m0/s1. The van der Waals surface area contributed by atoms with E-state index in [1.54, 1.807) is 48.5 Å². The number of carbonyl (C=O) groups excluding carboxylic acids is 3. The van der Waals surface area contributed by atoms with Gasteiger partial charge in [-0.15, -0.1) is 0 Å². The molecule has 3 rings (SSSR count).